The number of benzene rings is 1. The van der Waals surface area contributed by atoms with Gasteiger partial charge in [0.1, 0.15) is 11.6 Å². The molecule has 0 bridgehead atoms. The molecular weight excluding hydrogens is 212 g/mol. The maximum absolute atomic E-state index is 12.8. The van der Waals surface area contributed by atoms with E-state index in [2.05, 4.69) is 5.32 Å². The molecule has 1 aromatic carbocycles. The van der Waals surface area contributed by atoms with Gasteiger partial charge in [-0.3, -0.25) is 4.79 Å². The largest absolute Gasteiger partial charge is 0.305 e. The summed E-state index contributed by atoms with van der Waals surface area (Å²) >= 11 is 0. The van der Waals surface area contributed by atoms with E-state index in [9.17, 15) is 13.6 Å². The van der Waals surface area contributed by atoms with Crippen molar-refractivity contribution in [2.75, 3.05) is 6.54 Å². The zero-order chi connectivity index (χ0) is 12.3. The zero-order valence-electron chi connectivity index (χ0n) is 9.60. The van der Waals surface area contributed by atoms with Crippen LogP contribution in [0.1, 0.15) is 31.1 Å². The second kappa shape index (κ2) is 4.70. The van der Waals surface area contributed by atoms with E-state index < -0.39 is 11.6 Å². The smallest absolute Gasteiger partial charge is 0.176 e. The normalized spacial score (nSPS) is 11.6. The van der Waals surface area contributed by atoms with Crippen molar-refractivity contribution in [3.8, 4) is 0 Å². The Morgan fingerprint density at radius 2 is 1.69 bits per heavy atom. The van der Waals surface area contributed by atoms with Crippen molar-refractivity contribution in [2.45, 2.75) is 26.3 Å². The lowest BCUT2D eigenvalue weighted by molar-refractivity contribution is 0.0981. The van der Waals surface area contributed by atoms with Crippen LogP contribution < -0.4 is 5.32 Å². The Morgan fingerprint density at radius 3 is 2.12 bits per heavy atom. The van der Waals surface area contributed by atoms with Gasteiger partial charge in [0.2, 0.25) is 0 Å². The van der Waals surface area contributed by atoms with E-state index in [1.807, 2.05) is 20.8 Å². The summed E-state index contributed by atoms with van der Waals surface area (Å²) in [6.45, 7) is 5.79. The molecule has 88 valence electrons. The lowest BCUT2D eigenvalue weighted by Gasteiger charge is -2.19. The number of halogens is 2. The molecule has 0 aromatic heterocycles. The molecule has 0 aliphatic heterocycles. The van der Waals surface area contributed by atoms with Gasteiger partial charge in [-0.25, -0.2) is 8.78 Å². The maximum atomic E-state index is 12.8. The minimum atomic E-state index is -0.737. The van der Waals surface area contributed by atoms with Crippen LogP contribution in [0, 0.1) is 11.6 Å². The molecule has 0 radical (unpaired) electrons. The van der Waals surface area contributed by atoms with Crippen molar-refractivity contribution >= 4 is 5.78 Å². The Kier molecular flexibility index (Phi) is 3.75. The quantitative estimate of drug-likeness (QED) is 0.804. The van der Waals surface area contributed by atoms with Crippen molar-refractivity contribution in [2.24, 2.45) is 0 Å². The van der Waals surface area contributed by atoms with Crippen LogP contribution in [0.3, 0.4) is 0 Å². The van der Waals surface area contributed by atoms with Crippen molar-refractivity contribution in [3.63, 3.8) is 0 Å². The van der Waals surface area contributed by atoms with Gasteiger partial charge in [0.25, 0.3) is 0 Å². The lowest BCUT2D eigenvalue weighted by atomic mass is 10.1. The van der Waals surface area contributed by atoms with Crippen LogP contribution >= 0.6 is 0 Å². The van der Waals surface area contributed by atoms with Gasteiger partial charge in [0, 0.05) is 17.2 Å². The number of carbonyl (C=O) groups excluding carboxylic acids is 1. The average Bonchev–Trinajstić information content (AvgIpc) is 2.11. The number of Topliss-reactive ketones (excluding diaryl/α,β-unsaturated/α-hetero) is 1. The average molecular weight is 227 g/mol. The molecule has 0 aliphatic rings. The maximum Gasteiger partial charge on any atom is 0.176 e. The first kappa shape index (κ1) is 12.8. The third kappa shape index (κ3) is 4.06. The number of nitrogens with one attached hydrogen (secondary N) is 1. The van der Waals surface area contributed by atoms with E-state index in [0.717, 1.165) is 18.2 Å². The van der Waals surface area contributed by atoms with Gasteiger partial charge in [0.15, 0.2) is 5.78 Å². The zero-order valence-corrected chi connectivity index (χ0v) is 9.60. The highest BCUT2D eigenvalue weighted by Gasteiger charge is 2.13. The molecule has 2 nitrogen and oxygen atoms in total. The number of hydrogen-bond acceptors (Lipinski definition) is 2. The highest BCUT2D eigenvalue weighted by molar-refractivity contribution is 5.97. The second-order valence-electron chi connectivity index (χ2n) is 4.68. The van der Waals surface area contributed by atoms with Gasteiger partial charge in [0.05, 0.1) is 6.54 Å². The van der Waals surface area contributed by atoms with Crippen LogP contribution in [-0.2, 0) is 0 Å². The van der Waals surface area contributed by atoms with Crippen molar-refractivity contribution in [3.05, 3.63) is 35.4 Å². The molecule has 0 saturated carbocycles. The summed E-state index contributed by atoms with van der Waals surface area (Å²) in [6, 6.07) is 2.82. The van der Waals surface area contributed by atoms with Crippen LogP contribution in [0.15, 0.2) is 18.2 Å². The summed E-state index contributed by atoms with van der Waals surface area (Å²) in [5.74, 6) is -1.80. The highest BCUT2D eigenvalue weighted by Crippen LogP contribution is 2.09. The summed E-state index contributed by atoms with van der Waals surface area (Å²) in [7, 11) is 0. The Bertz CT molecular complexity index is 376. The van der Waals surface area contributed by atoms with Crippen LogP contribution in [0.4, 0.5) is 8.78 Å². The number of hydrogen-bond donors (Lipinski definition) is 1. The third-order valence-electron chi connectivity index (χ3n) is 1.96. The molecule has 0 atom stereocenters. The Labute approximate surface area is 93.7 Å². The minimum absolute atomic E-state index is 0.0502. The van der Waals surface area contributed by atoms with Crippen LogP contribution in [0.2, 0.25) is 0 Å². The predicted molar refractivity (Wildman–Crippen MR) is 58.4 cm³/mol. The van der Waals surface area contributed by atoms with E-state index in [-0.39, 0.29) is 23.4 Å². The Balaban J connectivity index is 2.73. The fraction of sp³-hybridized carbons (Fsp3) is 0.417. The Hall–Kier alpha value is -1.29. The van der Waals surface area contributed by atoms with Gasteiger partial charge in [-0.05, 0) is 32.9 Å². The minimum Gasteiger partial charge on any atom is -0.305 e. The van der Waals surface area contributed by atoms with Gasteiger partial charge >= 0.3 is 0 Å². The SMILES string of the molecule is CC(C)(C)NCC(=O)c1cc(F)cc(F)c1. The molecule has 16 heavy (non-hydrogen) atoms. The standard InChI is InChI=1S/C12H15F2NO/c1-12(2,3)15-7-11(16)8-4-9(13)6-10(14)5-8/h4-6,15H,7H2,1-3H3. The highest BCUT2D eigenvalue weighted by atomic mass is 19.1. The summed E-state index contributed by atoms with van der Waals surface area (Å²) in [6.07, 6.45) is 0. The Morgan fingerprint density at radius 1 is 1.19 bits per heavy atom. The van der Waals surface area contributed by atoms with E-state index in [4.69, 9.17) is 0 Å². The van der Waals surface area contributed by atoms with Crippen molar-refractivity contribution in [1.29, 1.82) is 0 Å². The topological polar surface area (TPSA) is 29.1 Å². The first-order valence-electron chi connectivity index (χ1n) is 5.02. The molecule has 0 spiro atoms. The molecule has 0 fully saturated rings. The molecule has 0 heterocycles. The number of rotatable bonds is 3. The summed E-state index contributed by atoms with van der Waals surface area (Å²) in [5.41, 5.74) is -0.157. The van der Waals surface area contributed by atoms with Gasteiger partial charge in [-0.1, -0.05) is 0 Å². The fourth-order valence-electron chi connectivity index (χ4n) is 1.16. The van der Waals surface area contributed by atoms with Crippen LogP contribution in [0.5, 0.6) is 0 Å². The van der Waals surface area contributed by atoms with Crippen LogP contribution in [0.25, 0.3) is 0 Å². The second-order valence-corrected chi connectivity index (χ2v) is 4.68. The van der Waals surface area contributed by atoms with E-state index in [1.54, 1.807) is 0 Å². The molecule has 1 aromatic rings. The molecule has 0 unspecified atom stereocenters. The molecular formula is C12H15F2NO. The molecule has 0 aliphatic carbocycles. The third-order valence-corrected chi connectivity index (χ3v) is 1.96. The molecule has 0 saturated heterocycles. The monoisotopic (exact) mass is 227 g/mol. The van der Waals surface area contributed by atoms with E-state index in [1.165, 1.54) is 0 Å². The first-order chi connectivity index (χ1) is 7.28. The molecule has 4 heteroatoms. The predicted octanol–water partition coefficient (Wildman–Crippen LogP) is 2.54. The van der Waals surface area contributed by atoms with Crippen molar-refractivity contribution in [1.82, 2.24) is 5.32 Å². The van der Waals surface area contributed by atoms with Crippen LogP contribution in [-0.4, -0.2) is 17.9 Å². The van der Waals surface area contributed by atoms with Gasteiger partial charge in [-0.2, -0.15) is 0 Å². The summed E-state index contributed by atoms with van der Waals surface area (Å²) in [4.78, 5) is 11.6. The number of carbonyl (C=O) groups is 1. The van der Waals surface area contributed by atoms with Gasteiger partial charge < -0.3 is 5.32 Å². The summed E-state index contributed by atoms with van der Waals surface area (Å²) in [5, 5.41) is 2.96. The molecule has 1 rings (SSSR count). The molecule has 0 amide bonds. The van der Waals surface area contributed by atoms with Gasteiger partial charge in [-0.15, -0.1) is 0 Å². The first-order valence-corrected chi connectivity index (χ1v) is 5.02. The number of ketones is 1. The molecule has 1 N–H and O–H groups in total. The summed E-state index contributed by atoms with van der Waals surface area (Å²) < 4.78 is 25.7. The van der Waals surface area contributed by atoms with E-state index >= 15 is 0 Å². The lowest BCUT2D eigenvalue weighted by Crippen LogP contribution is -2.39. The van der Waals surface area contributed by atoms with E-state index in [0.29, 0.717) is 0 Å². The fourth-order valence-corrected chi connectivity index (χ4v) is 1.16. The van der Waals surface area contributed by atoms with Crippen molar-refractivity contribution < 1.29 is 13.6 Å².